The van der Waals surface area contributed by atoms with Crippen molar-refractivity contribution in [1.82, 2.24) is 0 Å². The van der Waals surface area contributed by atoms with Gasteiger partial charge in [0, 0.05) is 19.3 Å². The van der Waals surface area contributed by atoms with Gasteiger partial charge in [-0.2, -0.15) is 0 Å². The van der Waals surface area contributed by atoms with E-state index in [2.05, 4.69) is 13.8 Å². The molecule has 0 aliphatic rings. The molecule has 68 valence electrons. The highest BCUT2D eigenvalue weighted by Gasteiger charge is 2.09. The monoisotopic (exact) mass is 159 g/mol. The van der Waals surface area contributed by atoms with Crippen LogP contribution in [0.2, 0.25) is 0 Å². The molecule has 0 heterocycles. The summed E-state index contributed by atoms with van der Waals surface area (Å²) < 4.78 is 5.22. The Balaban J connectivity index is 3.28. The summed E-state index contributed by atoms with van der Waals surface area (Å²) in [6.07, 6.45) is 2.15. The van der Waals surface area contributed by atoms with E-state index in [1.54, 1.807) is 0 Å². The maximum Gasteiger partial charge on any atom is 0.0480 e. The van der Waals surface area contributed by atoms with Crippen molar-refractivity contribution < 1.29 is 4.74 Å². The Bertz CT molecular complexity index is 85.6. The molecule has 11 heavy (non-hydrogen) atoms. The zero-order valence-corrected chi connectivity index (χ0v) is 7.97. The topological polar surface area (TPSA) is 35.2 Å². The van der Waals surface area contributed by atoms with E-state index in [0.717, 1.165) is 26.1 Å². The van der Waals surface area contributed by atoms with Gasteiger partial charge in [-0.3, -0.25) is 0 Å². The molecule has 2 atom stereocenters. The van der Waals surface area contributed by atoms with E-state index in [4.69, 9.17) is 10.5 Å². The Morgan fingerprint density at radius 1 is 1.36 bits per heavy atom. The van der Waals surface area contributed by atoms with E-state index in [0.29, 0.717) is 12.0 Å². The first-order valence-electron chi connectivity index (χ1n) is 4.55. The van der Waals surface area contributed by atoms with Crippen molar-refractivity contribution in [2.45, 2.75) is 39.7 Å². The van der Waals surface area contributed by atoms with Crippen LogP contribution in [0.1, 0.15) is 33.6 Å². The molecule has 0 amide bonds. The Morgan fingerprint density at radius 3 is 2.45 bits per heavy atom. The lowest BCUT2D eigenvalue weighted by Gasteiger charge is -2.17. The normalized spacial score (nSPS) is 16.4. The first-order valence-corrected chi connectivity index (χ1v) is 4.55. The lowest BCUT2D eigenvalue weighted by atomic mass is 9.98. The largest absolute Gasteiger partial charge is 0.382 e. The second-order valence-corrected chi connectivity index (χ2v) is 3.03. The van der Waals surface area contributed by atoms with Gasteiger partial charge in [-0.05, 0) is 19.3 Å². The van der Waals surface area contributed by atoms with Gasteiger partial charge in [0.2, 0.25) is 0 Å². The van der Waals surface area contributed by atoms with Crippen molar-refractivity contribution in [2.75, 3.05) is 13.2 Å². The molecule has 2 nitrogen and oxygen atoms in total. The zero-order chi connectivity index (χ0) is 8.69. The Hall–Kier alpha value is -0.0800. The third kappa shape index (κ3) is 5.22. The van der Waals surface area contributed by atoms with E-state index in [-0.39, 0.29) is 0 Å². The minimum Gasteiger partial charge on any atom is -0.382 e. The Morgan fingerprint density at radius 2 is 2.00 bits per heavy atom. The number of hydrogen-bond donors (Lipinski definition) is 1. The lowest BCUT2D eigenvalue weighted by Crippen LogP contribution is -2.29. The predicted octanol–water partition coefficient (Wildman–Crippen LogP) is 1.79. The van der Waals surface area contributed by atoms with Crippen LogP contribution in [0.25, 0.3) is 0 Å². The second kappa shape index (κ2) is 6.62. The van der Waals surface area contributed by atoms with E-state index >= 15 is 0 Å². The molecule has 0 aliphatic heterocycles. The third-order valence-corrected chi connectivity index (χ3v) is 2.17. The van der Waals surface area contributed by atoms with Gasteiger partial charge >= 0.3 is 0 Å². The van der Waals surface area contributed by atoms with Crippen molar-refractivity contribution >= 4 is 0 Å². The minimum absolute atomic E-state index is 0.312. The molecule has 2 unspecified atom stereocenters. The van der Waals surface area contributed by atoms with Crippen molar-refractivity contribution in [1.29, 1.82) is 0 Å². The van der Waals surface area contributed by atoms with Gasteiger partial charge in [-0.25, -0.2) is 0 Å². The molecule has 0 saturated heterocycles. The van der Waals surface area contributed by atoms with Crippen LogP contribution in [-0.2, 0) is 4.74 Å². The van der Waals surface area contributed by atoms with Gasteiger partial charge in [0.1, 0.15) is 0 Å². The van der Waals surface area contributed by atoms with Crippen LogP contribution in [-0.4, -0.2) is 19.3 Å². The molecule has 0 radical (unpaired) electrons. The molecule has 0 aromatic heterocycles. The summed E-state index contributed by atoms with van der Waals surface area (Å²) in [5, 5.41) is 0. The minimum atomic E-state index is 0.312. The fourth-order valence-electron chi connectivity index (χ4n) is 0.951. The number of ether oxygens (including phenoxy) is 1. The van der Waals surface area contributed by atoms with Crippen molar-refractivity contribution in [3.8, 4) is 0 Å². The Labute approximate surface area is 70.1 Å². The van der Waals surface area contributed by atoms with Gasteiger partial charge in [-0.1, -0.05) is 20.3 Å². The maximum absolute atomic E-state index is 5.89. The number of hydrogen-bond acceptors (Lipinski definition) is 2. The summed E-state index contributed by atoms with van der Waals surface area (Å²) in [7, 11) is 0. The molecule has 0 fully saturated rings. The van der Waals surface area contributed by atoms with Gasteiger partial charge in [0.05, 0.1) is 0 Å². The summed E-state index contributed by atoms with van der Waals surface area (Å²) in [6, 6.07) is 0.312. The van der Waals surface area contributed by atoms with E-state index < -0.39 is 0 Å². The molecule has 0 aromatic rings. The number of nitrogens with two attached hydrogens (primary N) is 1. The van der Waals surface area contributed by atoms with Crippen molar-refractivity contribution in [3.05, 3.63) is 0 Å². The fraction of sp³-hybridized carbons (Fsp3) is 1.00. The molecule has 0 spiro atoms. The summed E-state index contributed by atoms with van der Waals surface area (Å²) >= 11 is 0. The Kier molecular flexibility index (Phi) is 6.57. The van der Waals surface area contributed by atoms with Gasteiger partial charge < -0.3 is 10.5 Å². The van der Waals surface area contributed by atoms with Gasteiger partial charge in [-0.15, -0.1) is 0 Å². The number of rotatable bonds is 6. The molecule has 0 aliphatic carbocycles. The summed E-state index contributed by atoms with van der Waals surface area (Å²) in [4.78, 5) is 0. The molecule has 2 heteroatoms. The first kappa shape index (κ1) is 10.9. The summed E-state index contributed by atoms with van der Waals surface area (Å²) in [6.45, 7) is 7.98. The molecule has 0 saturated carbocycles. The van der Waals surface area contributed by atoms with E-state index in [1.165, 1.54) is 0 Å². The van der Waals surface area contributed by atoms with Crippen LogP contribution in [0.3, 0.4) is 0 Å². The van der Waals surface area contributed by atoms with Gasteiger partial charge in [0.15, 0.2) is 0 Å². The lowest BCUT2D eigenvalue weighted by molar-refractivity contribution is 0.134. The van der Waals surface area contributed by atoms with Crippen LogP contribution in [0.5, 0.6) is 0 Å². The van der Waals surface area contributed by atoms with Crippen LogP contribution in [0, 0.1) is 5.92 Å². The summed E-state index contributed by atoms with van der Waals surface area (Å²) in [5.41, 5.74) is 5.89. The standard InChI is InChI=1S/C9H21NO/c1-4-8(3)9(10)6-7-11-5-2/h8-9H,4-7,10H2,1-3H3. The zero-order valence-electron chi connectivity index (χ0n) is 7.97. The van der Waals surface area contributed by atoms with Crippen molar-refractivity contribution in [2.24, 2.45) is 11.7 Å². The highest BCUT2D eigenvalue weighted by molar-refractivity contribution is 4.66. The third-order valence-electron chi connectivity index (χ3n) is 2.17. The maximum atomic E-state index is 5.89. The molecule has 0 bridgehead atoms. The van der Waals surface area contributed by atoms with Gasteiger partial charge in [0.25, 0.3) is 0 Å². The van der Waals surface area contributed by atoms with Crippen LogP contribution < -0.4 is 5.73 Å². The highest BCUT2D eigenvalue weighted by Crippen LogP contribution is 2.08. The van der Waals surface area contributed by atoms with Crippen LogP contribution in [0.15, 0.2) is 0 Å². The van der Waals surface area contributed by atoms with E-state index in [1.807, 2.05) is 6.92 Å². The predicted molar refractivity (Wildman–Crippen MR) is 48.5 cm³/mol. The van der Waals surface area contributed by atoms with E-state index in [9.17, 15) is 0 Å². The molecule has 2 N–H and O–H groups in total. The highest BCUT2D eigenvalue weighted by atomic mass is 16.5. The average molecular weight is 159 g/mol. The first-order chi connectivity index (χ1) is 5.22. The molecule has 0 rings (SSSR count). The smallest absolute Gasteiger partial charge is 0.0480 e. The molecular formula is C9H21NO. The van der Waals surface area contributed by atoms with Crippen LogP contribution in [0.4, 0.5) is 0 Å². The quantitative estimate of drug-likeness (QED) is 0.600. The molecule has 0 aromatic carbocycles. The SMILES string of the molecule is CCOCCC(N)C(C)CC. The summed E-state index contributed by atoms with van der Waals surface area (Å²) in [5.74, 6) is 0.621. The van der Waals surface area contributed by atoms with Crippen molar-refractivity contribution in [3.63, 3.8) is 0 Å². The second-order valence-electron chi connectivity index (χ2n) is 3.03. The average Bonchev–Trinajstić information content (AvgIpc) is 2.03. The van der Waals surface area contributed by atoms with Crippen LogP contribution >= 0.6 is 0 Å². The molecular weight excluding hydrogens is 138 g/mol. The fourth-order valence-corrected chi connectivity index (χ4v) is 0.951.